The molecule has 1 aliphatic rings. The van der Waals surface area contributed by atoms with E-state index in [0.717, 1.165) is 41.7 Å². The van der Waals surface area contributed by atoms with Gasteiger partial charge in [-0.2, -0.15) is 0 Å². The first-order valence-electron chi connectivity index (χ1n) is 8.30. The zero-order valence-electron chi connectivity index (χ0n) is 15.1. The van der Waals surface area contributed by atoms with Gasteiger partial charge >= 0.3 is 0 Å². The van der Waals surface area contributed by atoms with E-state index in [-0.39, 0.29) is 0 Å². The molecule has 0 N–H and O–H groups in total. The Kier molecular flexibility index (Phi) is 5.17. The van der Waals surface area contributed by atoms with Crippen molar-refractivity contribution in [2.24, 2.45) is 0 Å². The molecule has 1 aliphatic carbocycles. The van der Waals surface area contributed by atoms with Gasteiger partial charge in [0, 0.05) is 0 Å². The van der Waals surface area contributed by atoms with Crippen LogP contribution in [0.4, 0.5) is 0 Å². The summed E-state index contributed by atoms with van der Waals surface area (Å²) in [6.45, 7) is 0. The summed E-state index contributed by atoms with van der Waals surface area (Å²) in [5.74, 6) is 2.81. The lowest BCUT2D eigenvalue weighted by Crippen LogP contribution is -1.97. The van der Waals surface area contributed by atoms with Crippen LogP contribution in [-0.2, 0) is 6.42 Å². The van der Waals surface area contributed by atoms with E-state index in [1.54, 1.807) is 28.4 Å². The van der Waals surface area contributed by atoms with Crippen molar-refractivity contribution in [3.8, 4) is 23.0 Å². The molecular formula is C21H23O4. The molecule has 4 heteroatoms. The number of hydrogen-bond donors (Lipinski definition) is 0. The van der Waals surface area contributed by atoms with E-state index in [9.17, 15) is 0 Å². The summed E-state index contributed by atoms with van der Waals surface area (Å²) in [5, 5.41) is 0. The Hall–Kier alpha value is -2.62. The molecule has 2 aromatic rings. The summed E-state index contributed by atoms with van der Waals surface area (Å²) in [7, 11) is 6.57. The first-order chi connectivity index (χ1) is 12.2. The molecule has 3 rings (SSSR count). The lowest BCUT2D eigenvalue weighted by atomic mass is 9.99. The largest absolute Gasteiger partial charge is 0.497 e. The number of aryl methyl sites for hydroxylation is 1. The number of rotatable bonds is 5. The predicted molar refractivity (Wildman–Crippen MR) is 97.8 cm³/mol. The third-order valence-electron chi connectivity index (χ3n) is 4.48. The Bertz CT molecular complexity index is 767. The summed E-state index contributed by atoms with van der Waals surface area (Å²) in [6, 6.07) is 10.1. The topological polar surface area (TPSA) is 36.9 Å². The Morgan fingerprint density at radius 2 is 1.52 bits per heavy atom. The highest BCUT2D eigenvalue weighted by Gasteiger charge is 2.17. The van der Waals surface area contributed by atoms with Gasteiger partial charge in [0.1, 0.15) is 5.75 Å². The highest BCUT2D eigenvalue weighted by Crippen LogP contribution is 2.41. The summed E-state index contributed by atoms with van der Waals surface area (Å²) in [6.07, 6.45) is 6.58. The lowest BCUT2D eigenvalue weighted by molar-refractivity contribution is 0.324. The van der Waals surface area contributed by atoms with E-state index in [1.165, 1.54) is 5.56 Å². The summed E-state index contributed by atoms with van der Waals surface area (Å²) in [5.41, 5.74) is 4.56. The van der Waals surface area contributed by atoms with Gasteiger partial charge in [-0.25, -0.2) is 0 Å². The predicted octanol–water partition coefficient (Wildman–Crippen LogP) is 4.29. The molecule has 25 heavy (non-hydrogen) atoms. The normalized spacial score (nSPS) is 13.4. The number of allylic oxidation sites excluding steroid dienone is 1. The average molecular weight is 339 g/mol. The van der Waals surface area contributed by atoms with Crippen molar-refractivity contribution < 1.29 is 18.9 Å². The fourth-order valence-electron chi connectivity index (χ4n) is 3.18. The van der Waals surface area contributed by atoms with Gasteiger partial charge < -0.3 is 18.9 Å². The van der Waals surface area contributed by atoms with Crippen molar-refractivity contribution in [2.45, 2.75) is 19.3 Å². The van der Waals surface area contributed by atoms with Crippen LogP contribution in [0.5, 0.6) is 23.0 Å². The summed E-state index contributed by atoms with van der Waals surface area (Å²) < 4.78 is 21.7. The quantitative estimate of drug-likeness (QED) is 0.814. The fourth-order valence-corrected chi connectivity index (χ4v) is 3.18. The molecule has 4 nitrogen and oxygen atoms in total. The van der Waals surface area contributed by atoms with Crippen LogP contribution in [0.1, 0.15) is 29.5 Å². The van der Waals surface area contributed by atoms with Crippen molar-refractivity contribution in [1.82, 2.24) is 0 Å². The fraction of sp³-hybridized carbons (Fsp3) is 0.333. The minimum Gasteiger partial charge on any atom is -0.497 e. The van der Waals surface area contributed by atoms with Gasteiger partial charge in [-0.1, -0.05) is 6.07 Å². The zero-order valence-corrected chi connectivity index (χ0v) is 15.1. The molecule has 0 saturated carbocycles. The Morgan fingerprint density at radius 1 is 0.800 bits per heavy atom. The minimum atomic E-state index is 0.605. The highest BCUT2D eigenvalue weighted by atomic mass is 16.5. The van der Waals surface area contributed by atoms with Gasteiger partial charge in [-0.15, -0.1) is 0 Å². The van der Waals surface area contributed by atoms with Crippen molar-refractivity contribution >= 4 is 5.57 Å². The number of methoxy groups -OCH3 is 4. The van der Waals surface area contributed by atoms with Crippen molar-refractivity contribution in [2.75, 3.05) is 28.4 Å². The molecule has 0 aliphatic heterocycles. The van der Waals surface area contributed by atoms with Crippen molar-refractivity contribution in [1.29, 1.82) is 0 Å². The van der Waals surface area contributed by atoms with E-state index in [4.69, 9.17) is 18.9 Å². The molecule has 0 fully saturated rings. The molecule has 0 unspecified atom stereocenters. The van der Waals surface area contributed by atoms with Crippen LogP contribution in [0.3, 0.4) is 0 Å². The monoisotopic (exact) mass is 339 g/mol. The first kappa shape index (κ1) is 17.2. The molecule has 0 spiro atoms. The number of hydrogen-bond acceptors (Lipinski definition) is 4. The molecule has 1 radical (unpaired) electrons. The molecule has 0 amide bonds. The van der Waals surface area contributed by atoms with Crippen molar-refractivity contribution in [3.05, 3.63) is 53.1 Å². The van der Waals surface area contributed by atoms with Crippen molar-refractivity contribution in [3.63, 3.8) is 0 Å². The first-order valence-corrected chi connectivity index (χ1v) is 8.30. The van der Waals surface area contributed by atoms with Crippen LogP contribution in [0.15, 0.2) is 30.3 Å². The average Bonchev–Trinajstić information content (AvgIpc) is 2.88. The smallest absolute Gasteiger partial charge is 0.203 e. The molecular weight excluding hydrogens is 316 g/mol. The second-order valence-corrected chi connectivity index (χ2v) is 5.89. The summed E-state index contributed by atoms with van der Waals surface area (Å²) >= 11 is 0. The van der Waals surface area contributed by atoms with Gasteiger partial charge in [0.2, 0.25) is 5.75 Å². The van der Waals surface area contributed by atoms with Gasteiger partial charge in [-0.3, -0.25) is 0 Å². The summed E-state index contributed by atoms with van der Waals surface area (Å²) in [4.78, 5) is 0. The Balaban J connectivity index is 2.07. The number of benzene rings is 2. The van der Waals surface area contributed by atoms with Crippen LogP contribution >= 0.6 is 0 Å². The van der Waals surface area contributed by atoms with Gasteiger partial charge in [0.25, 0.3) is 0 Å². The van der Waals surface area contributed by atoms with Crippen LogP contribution in [0.25, 0.3) is 5.57 Å². The second-order valence-electron chi connectivity index (χ2n) is 5.89. The van der Waals surface area contributed by atoms with E-state index >= 15 is 0 Å². The van der Waals surface area contributed by atoms with Crippen LogP contribution in [0.2, 0.25) is 0 Å². The molecule has 2 aromatic carbocycles. The SMILES string of the molecule is COc1ccc2c(c1)CCCC(c1cc(OC)c(OC)c(OC)c1)=[C]2. The number of fused-ring (bicyclic) bond motifs is 1. The minimum absolute atomic E-state index is 0.605. The van der Waals surface area contributed by atoms with E-state index in [2.05, 4.69) is 18.2 Å². The van der Waals surface area contributed by atoms with Crippen LogP contribution in [-0.4, -0.2) is 28.4 Å². The standard InChI is InChI=1S/C21H23O4/c1-22-18-9-8-16-10-14(6-5-7-15(16)11-18)17-12-19(23-2)21(25-4)20(13-17)24-3/h8-9,11-13H,5-7H2,1-4H3. The van der Waals surface area contributed by atoms with E-state index < -0.39 is 0 Å². The second kappa shape index (κ2) is 7.51. The molecule has 0 atom stereocenters. The van der Waals surface area contributed by atoms with Crippen LogP contribution < -0.4 is 18.9 Å². The third kappa shape index (κ3) is 3.43. The number of ether oxygens (including phenoxy) is 4. The Labute approximate surface area is 149 Å². The highest BCUT2D eigenvalue weighted by molar-refractivity contribution is 5.72. The lowest BCUT2D eigenvalue weighted by Gasteiger charge is -2.15. The maximum absolute atomic E-state index is 5.48. The van der Waals surface area contributed by atoms with Gasteiger partial charge in [-0.05, 0) is 71.9 Å². The van der Waals surface area contributed by atoms with E-state index in [1.807, 2.05) is 18.2 Å². The Morgan fingerprint density at radius 3 is 2.12 bits per heavy atom. The molecule has 0 bridgehead atoms. The van der Waals surface area contributed by atoms with Crippen LogP contribution in [0, 0.1) is 6.08 Å². The van der Waals surface area contributed by atoms with E-state index in [0.29, 0.717) is 17.2 Å². The third-order valence-corrected chi connectivity index (χ3v) is 4.48. The molecule has 0 heterocycles. The molecule has 0 saturated heterocycles. The maximum Gasteiger partial charge on any atom is 0.203 e. The molecule has 131 valence electrons. The molecule has 0 aromatic heterocycles. The maximum atomic E-state index is 5.48. The van der Waals surface area contributed by atoms with Gasteiger partial charge in [0.15, 0.2) is 11.5 Å². The van der Waals surface area contributed by atoms with Gasteiger partial charge in [0.05, 0.1) is 28.4 Å². The zero-order chi connectivity index (χ0) is 17.8.